The molecule has 1 fully saturated rings. The van der Waals surface area contributed by atoms with E-state index in [0.717, 1.165) is 36.0 Å². The molecule has 1 unspecified atom stereocenters. The molecule has 0 amide bonds. The molecule has 4 heteroatoms. The van der Waals surface area contributed by atoms with Gasteiger partial charge >= 0.3 is 0 Å². The van der Waals surface area contributed by atoms with Gasteiger partial charge in [-0.05, 0) is 37.9 Å². The minimum atomic E-state index is 0.593. The van der Waals surface area contributed by atoms with Gasteiger partial charge in [0.1, 0.15) is 5.82 Å². The lowest BCUT2D eigenvalue weighted by atomic mass is 10.2. The average molecular weight is 254 g/mol. The molecule has 17 heavy (non-hydrogen) atoms. The number of hydrogen-bond donors (Lipinski definition) is 1. The van der Waals surface area contributed by atoms with Crippen LogP contribution < -0.4 is 10.2 Å². The molecule has 0 bridgehead atoms. The molecular weight excluding hydrogens is 234 g/mol. The second-order valence-corrected chi connectivity index (χ2v) is 5.01. The Kier molecular flexibility index (Phi) is 4.24. The molecule has 1 atom stereocenters. The van der Waals surface area contributed by atoms with Gasteiger partial charge in [-0.25, -0.2) is 4.98 Å². The molecule has 1 N–H and O–H groups in total. The SMILES string of the molecule is CCNCc1cc(N2CCCC2C)ncc1Cl. The van der Waals surface area contributed by atoms with Crippen LogP contribution in [0, 0.1) is 0 Å². The van der Waals surface area contributed by atoms with Crippen molar-refractivity contribution in [2.45, 2.75) is 39.3 Å². The van der Waals surface area contributed by atoms with E-state index in [-0.39, 0.29) is 0 Å². The van der Waals surface area contributed by atoms with Gasteiger partial charge in [-0.3, -0.25) is 0 Å². The second kappa shape index (κ2) is 5.69. The predicted molar refractivity (Wildman–Crippen MR) is 72.7 cm³/mol. The molecule has 1 aromatic rings. The molecule has 1 aliphatic rings. The van der Waals surface area contributed by atoms with Crippen molar-refractivity contribution < 1.29 is 0 Å². The minimum absolute atomic E-state index is 0.593. The average Bonchev–Trinajstić information content (AvgIpc) is 2.75. The number of aromatic nitrogens is 1. The van der Waals surface area contributed by atoms with Gasteiger partial charge in [0.15, 0.2) is 0 Å². The van der Waals surface area contributed by atoms with E-state index in [9.17, 15) is 0 Å². The number of anilines is 1. The van der Waals surface area contributed by atoms with Gasteiger partial charge in [0.2, 0.25) is 0 Å². The summed E-state index contributed by atoms with van der Waals surface area (Å²) in [6.07, 6.45) is 4.29. The van der Waals surface area contributed by atoms with E-state index >= 15 is 0 Å². The number of hydrogen-bond acceptors (Lipinski definition) is 3. The van der Waals surface area contributed by atoms with Crippen LogP contribution in [0.3, 0.4) is 0 Å². The third-order valence-electron chi connectivity index (χ3n) is 3.33. The largest absolute Gasteiger partial charge is 0.354 e. The van der Waals surface area contributed by atoms with Crippen LogP contribution in [0.4, 0.5) is 5.82 Å². The first-order valence-electron chi connectivity index (χ1n) is 6.34. The molecular formula is C13H20ClN3. The van der Waals surface area contributed by atoms with Gasteiger partial charge in [0.05, 0.1) is 5.02 Å². The number of nitrogens with zero attached hydrogens (tertiary/aromatic N) is 2. The molecule has 0 aromatic carbocycles. The maximum atomic E-state index is 6.15. The van der Waals surface area contributed by atoms with Gasteiger partial charge in [0, 0.05) is 25.3 Å². The third kappa shape index (κ3) is 2.90. The molecule has 0 radical (unpaired) electrons. The van der Waals surface area contributed by atoms with Crippen LogP contribution in [0.5, 0.6) is 0 Å². The zero-order valence-electron chi connectivity index (χ0n) is 10.5. The number of rotatable bonds is 4. The Morgan fingerprint density at radius 3 is 3.06 bits per heavy atom. The van der Waals surface area contributed by atoms with Gasteiger partial charge in [-0.2, -0.15) is 0 Å². The first-order chi connectivity index (χ1) is 8.22. The lowest BCUT2D eigenvalue weighted by molar-refractivity contribution is 0.714. The standard InChI is InChI=1S/C13H20ClN3/c1-3-15-8-11-7-13(16-9-12(11)14)17-6-4-5-10(17)2/h7,9-10,15H,3-6,8H2,1-2H3. The molecule has 0 aliphatic carbocycles. The third-order valence-corrected chi connectivity index (χ3v) is 3.67. The molecule has 1 aromatic heterocycles. The molecule has 2 rings (SSSR count). The first kappa shape index (κ1) is 12.7. The number of nitrogens with one attached hydrogen (secondary N) is 1. The Balaban J connectivity index is 2.17. The maximum absolute atomic E-state index is 6.15. The van der Waals surface area contributed by atoms with Gasteiger partial charge < -0.3 is 10.2 Å². The van der Waals surface area contributed by atoms with Crippen LogP contribution >= 0.6 is 11.6 Å². The fraction of sp³-hybridized carbons (Fsp3) is 0.615. The highest BCUT2D eigenvalue weighted by Gasteiger charge is 2.21. The van der Waals surface area contributed by atoms with E-state index in [4.69, 9.17) is 11.6 Å². The lowest BCUT2D eigenvalue weighted by Gasteiger charge is -2.23. The van der Waals surface area contributed by atoms with Gasteiger partial charge in [0.25, 0.3) is 0 Å². The Hall–Kier alpha value is -0.800. The van der Waals surface area contributed by atoms with Crippen molar-refractivity contribution in [2.24, 2.45) is 0 Å². The van der Waals surface area contributed by atoms with Gasteiger partial charge in [-0.1, -0.05) is 18.5 Å². The zero-order valence-corrected chi connectivity index (χ0v) is 11.3. The Morgan fingerprint density at radius 1 is 1.59 bits per heavy atom. The fourth-order valence-corrected chi connectivity index (χ4v) is 2.46. The van der Waals surface area contributed by atoms with Crippen molar-refractivity contribution in [3.8, 4) is 0 Å². The van der Waals surface area contributed by atoms with Crippen molar-refractivity contribution in [1.82, 2.24) is 10.3 Å². The summed E-state index contributed by atoms with van der Waals surface area (Å²) in [5.41, 5.74) is 1.14. The Morgan fingerprint density at radius 2 is 2.41 bits per heavy atom. The van der Waals surface area contributed by atoms with E-state index < -0.39 is 0 Å². The smallest absolute Gasteiger partial charge is 0.129 e. The summed E-state index contributed by atoms with van der Waals surface area (Å²) in [6, 6.07) is 2.71. The predicted octanol–water partition coefficient (Wildman–Crippen LogP) is 2.83. The first-order valence-corrected chi connectivity index (χ1v) is 6.72. The van der Waals surface area contributed by atoms with E-state index in [0.29, 0.717) is 6.04 Å². The summed E-state index contributed by atoms with van der Waals surface area (Å²) in [7, 11) is 0. The molecule has 0 spiro atoms. The monoisotopic (exact) mass is 253 g/mol. The molecule has 0 saturated carbocycles. The highest BCUT2D eigenvalue weighted by Crippen LogP contribution is 2.26. The summed E-state index contributed by atoms with van der Waals surface area (Å²) in [4.78, 5) is 6.81. The van der Waals surface area contributed by atoms with Crippen molar-refractivity contribution >= 4 is 17.4 Å². The topological polar surface area (TPSA) is 28.2 Å². The van der Waals surface area contributed by atoms with Crippen molar-refractivity contribution in [2.75, 3.05) is 18.0 Å². The molecule has 94 valence electrons. The van der Waals surface area contributed by atoms with Crippen LogP contribution in [-0.4, -0.2) is 24.1 Å². The van der Waals surface area contributed by atoms with E-state index in [2.05, 4.69) is 35.1 Å². The lowest BCUT2D eigenvalue weighted by Crippen LogP contribution is -2.27. The van der Waals surface area contributed by atoms with Crippen LogP contribution in [0.2, 0.25) is 5.02 Å². The van der Waals surface area contributed by atoms with E-state index in [1.807, 2.05) is 0 Å². The summed E-state index contributed by atoms with van der Waals surface area (Å²) in [6.45, 7) is 7.23. The van der Waals surface area contributed by atoms with Crippen LogP contribution in [0.25, 0.3) is 0 Å². The van der Waals surface area contributed by atoms with Crippen LogP contribution in [-0.2, 0) is 6.54 Å². The van der Waals surface area contributed by atoms with Crippen molar-refractivity contribution in [3.05, 3.63) is 22.8 Å². The van der Waals surface area contributed by atoms with Gasteiger partial charge in [-0.15, -0.1) is 0 Å². The number of pyridine rings is 1. The van der Waals surface area contributed by atoms with Crippen molar-refractivity contribution in [3.63, 3.8) is 0 Å². The van der Waals surface area contributed by atoms with E-state index in [1.165, 1.54) is 12.8 Å². The molecule has 2 heterocycles. The molecule has 3 nitrogen and oxygen atoms in total. The highest BCUT2D eigenvalue weighted by molar-refractivity contribution is 6.31. The Labute approximate surface area is 108 Å². The maximum Gasteiger partial charge on any atom is 0.129 e. The molecule has 1 aliphatic heterocycles. The summed E-state index contributed by atoms with van der Waals surface area (Å²) in [5, 5.41) is 4.06. The minimum Gasteiger partial charge on any atom is -0.354 e. The highest BCUT2D eigenvalue weighted by atomic mass is 35.5. The Bertz CT molecular complexity index is 381. The quantitative estimate of drug-likeness (QED) is 0.895. The normalized spacial score (nSPS) is 19.9. The number of halogens is 1. The summed E-state index contributed by atoms with van der Waals surface area (Å²) < 4.78 is 0. The molecule has 1 saturated heterocycles. The van der Waals surface area contributed by atoms with Crippen LogP contribution in [0.15, 0.2) is 12.3 Å². The summed E-state index contributed by atoms with van der Waals surface area (Å²) >= 11 is 6.15. The zero-order chi connectivity index (χ0) is 12.3. The second-order valence-electron chi connectivity index (χ2n) is 4.60. The van der Waals surface area contributed by atoms with Crippen LogP contribution in [0.1, 0.15) is 32.3 Å². The fourth-order valence-electron chi connectivity index (χ4n) is 2.29. The van der Waals surface area contributed by atoms with E-state index in [1.54, 1.807) is 6.20 Å². The van der Waals surface area contributed by atoms with Crippen molar-refractivity contribution in [1.29, 1.82) is 0 Å². The summed E-state index contributed by atoms with van der Waals surface area (Å²) in [5.74, 6) is 1.06.